The summed E-state index contributed by atoms with van der Waals surface area (Å²) in [5.74, 6) is -0.777. The van der Waals surface area contributed by atoms with Crippen LogP contribution >= 0.6 is 0 Å². The van der Waals surface area contributed by atoms with Gasteiger partial charge in [0, 0.05) is 52.1 Å². The molecule has 2 N–H and O–H groups in total. The number of hydrogen-bond acceptors (Lipinski definition) is 5. The van der Waals surface area contributed by atoms with E-state index in [0.29, 0.717) is 0 Å². The predicted octanol–water partition coefficient (Wildman–Crippen LogP) is 0.566. The van der Waals surface area contributed by atoms with Crippen LogP contribution in [0, 0.1) is 0 Å². The van der Waals surface area contributed by atoms with Gasteiger partial charge < -0.3 is 20.4 Å². The van der Waals surface area contributed by atoms with Gasteiger partial charge in [-0.2, -0.15) is 0 Å². The van der Waals surface area contributed by atoms with E-state index in [4.69, 9.17) is 0 Å². The van der Waals surface area contributed by atoms with E-state index in [2.05, 4.69) is 15.6 Å². The van der Waals surface area contributed by atoms with Gasteiger partial charge in [0.15, 0.2) is 0 Å². The van der Waals surface area contributed by atoms with Crippen LogP contribution in [0.25, 0.3) is 0 Å². The van der Waals surface area contributed by atoms with E-state index in [0.717, 1.165) is 51.9 Å². The molecule has 1 aromatic heterocycles. The molecule has 9 nitrogen and oxygen atoms in total. The molecule has 4 amide bonds. The smallest absolute Gasteiger partial charge is 0.269 e. The fourth-order valence-electron chi connectivity index (χ4n) is 3.68. The van der Waals surface area contributed by atoms with Crippen molar-refractivity contribution in [3.05, 3.63) is 29.6 Å². The van der Waals surface area contributed by atoms with Crippen molar-refractivity contribution in [2.45, 2.75) is 38.5 Å². The Labute approximate surface area is 176 Å². The quantitative estimate of drug-likeness (QED) is 0.645. The molecular formula is C21H29N5O4. The molecular weight excluding hydrogens is 386 g/mol. The van der Waals surface area contributed by atoms with Crippen LogP contribution in [0.15, 0.2) is 18.2 Å². The third-order valence-corrected chi connectivity index (χ3v) is 5.38. The first-order valence-electron chi connectivity index (χ1n) is 10.6. The van der Waals surface area contributed by atoms with Gasteiger partial charge in [0.25, 0.3) is 11.8 Å². The largest absolute Gasteiger partial charge is 0.350 e. The molecule has 0 radical (unpaired) electrons. The molecule has 2 aliphatic rings. The fraction of sp³-hybridized carbons (Fsp3) is 0.571. The summed E-state index contributed by atoms with van der Waals surface area (Å²) in [6.45, 7) is 3.60. The Hall–Kier alpha value is -2.97. The number of nitrogens with zero attached hydrogens (tertiary/aromatic N) is 3. The van der Waals surface area contributed by atoms with E-state index in [1.165, 1.54) is 12.1 Å². The minimum absolute atomic E-state index is 0.0392. The molecule has 30 heavy (non-hydrogen) atoms. The Kier molecular flexibility index (Phi) is 7.75. The number of pyridine rings is 1. The van der Waals surface area contributed by atoms with Gasteiger partial charge >= 0.3 is 0 Å². The standard InChI is InChI=1S/C21H29N5O4/c27-18(25-12-1-2-13-25)8-10-22-20(29)16-6-5-7-17(24-16)21(30)23-11-9-19(28)26-14-3-4-15-26/h5-7H,1-4,8-15H2,(H,22,29)(H,23,30). The predicted molar refractivity (Wildman–Crippen MR) is 110 cm³/mol. The normalized spacial score (nSPS) is 15.9. The SMILES string of the molecule is O=C(NCCC(=O)N1CCCC1)c1cccc(C(=O)NCCC(=O)N2CCCC2)n1. The number of rotatable bonds is 8. The molecule has 0 unspecified atom stereocenters. The lowest BCUT2D eigenvalue weighted by Crippen LogP contribution is -2.34. The third-order valence-electron chi connectivity index (χ3n) is 5.38. The Morgan fingerprint density at radius 1 is 0.733 bits per heavy atom. The van der Waals surface area contributed by atoms with Crippen LogP contribution in [-0.2, 0) is 9.59 Å². The molecule has 3 heterocycles. The van der Waals surface area contributed by atoms with Crippen molar-refractivity contribution >= 4 is 23.6 Å². The molecule has 2 fully saturated rings. The molecule has 2 saturated heterocycles. The number of amides is 4. The van der Waals surface area contributed by atoms with Gasteiger partial charge in [0.1, 0.15) is 11.4 Å². The Bertz CT molecular complexity index is 724. The van der Waals surface area contributed by atoms with Crippen molar-refractivity contribution < 1.29 is 19.2 Å². The Morgan fingerprint density at radius 3 is 1.53 bits per heavy atom. The number of aromatic nitrogens is 1. The Morgan fingerprint density at radius 2 is 1.13 bits per heavy atom. The summed E-state index contributed by atoms with van der Waals surface area (Å²) in [5, 5.41) is 5.36. The lowest BCUT2D eigenvalue weighted by atomic mass is 10.2. The molecule has 0 aliphatic carbocycles. The van der Waals surface area contributed by atoms with Gasteiger partial charge in [-0.1, -0.05) is 6.07 Å². The highest BCUT2D eigenvalue weighted by Gasteiger charge is 2.19. The molecule has 3 rings (SSSR count). The van der Waals surface area contributed by atoms with Crippen LogP contribution < -0.4 is 10.6 Å². The van der Waals surface area contributed by atoms with Crippen LogP contribution in [0.4, 0.5) is 0 Å². The molecule has 9 heteroatoms. The molecule has 0 saturated carbocycles. The number of hydrogen-bond donors (Lipinski definition) is 2. The first-order valence-corrected chi connectivity index (χ1v) is 10.6. The zero-order valence-corrected chi connectivity index (χ0v) is 17.2. The summed E-state index contributed by atoms with van der Waals surface area (Å²) in [7, 11) is 0. The van der Waals surface area contributed by atoms with Gasteiger partial charge in [-0.25, -0.2) is 4.98 Å². The van der Waals surface area contributed by atoms with Gasteiger partial charge in [-0.05, 0) is 37.8 Å². The highest BCUT2D eigenvalue weighted by atomic mass is 16.2. The molecule has 162 valence electrons. The van der Waals surface area contributed by atoms with Crippen molar-refractivity contribution in [1.29, 1.82) is 0 Å². The summed E-state index contributed by atoms with van der Waals surface area (Å²) in [6, 6.07) is 4.62. The second-order valence-electron chi connectivity index (χ2n) is 7.60. The summed E-state index contributed by atoms with van der Waals surface area (Å²) in [4.78, 5) is 56.3. The van der Waals surface area contributed by atoms with E-state index in [-0.39, 0.29) is 49.1 Å². The van der Waals surface area contributed by atoms with E-state index >= 15 is 0 Å². The summed E-state index contributed by atoms with van der Waals surface area (Å²) in [5.41, 5.74) is 0.230. The molecule has 2 aliphatic heterocycles. The first-order chi connectivity index (χ1) is 14.5. The maximum atomic E-state index is 12.3. The second kappa shape index (κ2) is 10.7. The molecule has 0 bridgehead atoms. The number of carbonyl (C=O) groups excluding carboxylic acids is 4. The number of nitrogens with one attached hydrogen (secondary N) is 2. The first kappa shape index (κ1) is 21.7. The molecule has 0 spiro atoms. The monoisotopic (exact) mass is 415 g/mol. The third kappa shape index (κ3) is 6.01. The molecule has 1 aromatic rings. The topological polar surface area (TPSA) is 112 Å². The molecule has 0 atom stereocenters. The lowest BCUT2D eigenvalue weighted by Gasteiger charge is -2.15. The summed E-state index contributed by atoms with van der Waals surface area (Å²) in [6.07, 6.45) is 4.62. The maximum Gasteiger partial charge on any atom is 0.269 e. The van der Waals surface area contributed by atoms with Crippen molar-refractivity contribution in [1.82, 2.24) is 25.4 Å². The minimum Gasteiger partial charge on any atom is -0.350 e. The average Bonchev–Trinajstić information content (AvgIpc) is 3.47. The van der Waals surface area contributed by atoms with Crippen LogP contribution in [0.3, 0.4) is 0 Å². The highest BCUT2D eigenvalue weighted by Crippen LogP contribution is 2.09. The average molecular weight is 415 g/mol. The van der Waals surface area contributed by atoms with Gasteiger partial charge in [0.05, 0.1) is 0 Å². The van der Waals surface area contributed by atoms with Crippen molar-refractivity contribution in [2.75, 3.05) is 39.3 Å². The number of likely N-dealkylation sites (tertiary alicyclic amines) is 2. The van der Waals surface area contributed by atoms with Crippen molar-refractivity contribution in [2.24, 2.45) is 0 Å². The van der Waals surface area contributed by atoms with Gasteiger partial charge in [0.2, 0.25) is 11.8 Å². The Balaban J connectivity index is 1.42. The van der Waals surface area contributed by atoms with E-state index in [9.17, 15) is 19.2 Å². The maximum absolute atomic E-state index is 12.3. The van der Waals surface area contributed by atoms with Gasteiger partial charge in [-0.15, -0.1) is 0 Å². The summed E-state index contributed by atoms with van der Waals surface area (Å²) >= 11 is 0. The van der Waals surface area contributed by atoms with Crippen molar-refractivity contribution in [3.8, 4) is 0 Å². The second-order valence-corrected chi connectivity index (χ2v) is 7.60. The van der Waals surface area contributed by atoms with Crippen LogP contribution in [-0.4, -0.2) is 77.7 Å². The van der Waals surface area contributed by atoms with Crippen LogP contribution in [0.5, 0.6) is 0 Å². The lowest BCUT2D eigenvalue weighted by molar-refractivity contribution is -0.130. The minimum atomic E-state index is -0.428. The zero-order valence-electron chi connectivity index (χ0n) is 17.2. The highest BCUT2D eigenvalue weighted by molar-refractivity contribution is 5.96. The number of carbonyl (C=O) groups is 4. The van der Waals surface area contributed by atoms with Crippen LogP contribution in [0.1, 0.15) is 59.5 Å². The summed E-state index contributed by atoms with van der Waals surface area (Å²) < 4.78 is 0. The van der Waals surface area contributed by atoms with Crippen molar-refractivity contribution in [3.63, 3.8) is 0 Å². The van der Waals surface area contributed by atoms with E-state index in [1.807, 2.05) is 9.80 Å². The molecule has 0 aromatic carbocycles. The van der Waals surface area contributed by atoms with E-state index in [1.54, 1.807) is 6.07 Å². The fourth-order valence-corrected chi connectivity index (χ4v) is 3.68. The van der Waals surface area contributed by atoms with E-state index < -0.39 is 11.8 Å². The van der Waals surface area contributed by atoms with Gasteiger partial charge in [-0.3, -0.25) is 19.2 Å². The van der Waals surface area contributed by atoms with Crippen LogP contribution in [0.2, 0.25) is 0 Å². The zero-order chi connectivity index (χ0) is 21.3.